The molecule has 0 aliphatic rings. The first kappa shape index (κ1) is 19.3. The zero-order chi connectivity index (χ0) is 18.7. The van der Waals surface area contributed by atoms with Gasteiger partial charge in [0.1, 0.15) is 5.02 Å². The number of aromatic nitrogens is 1. The molecule has 0 saturated carbocycles. The standard InChI is InChI=1S/C16H14Cl3N3O3/c1-8(15(23)22(2)9-6-4-3-5-7-9)25-16(24)13-10(17)12(20)11(18)14(19)21-13/h3-8H,1-2H3,(H2,20,21)/t8-/m1/s1. The summed E-state index contributed by atoms with van der Waals surface area (Å²) >= 11 is 17.6. The van der Waals surface area contributed by atoms with Crippen LogP contribution in [0.3, 0.4) is 0 Å². The summed E-state index contributed by atoms with van der Waals surface area (Å²) in [5.74, 6) is -1.36. The van der Waals surface area contributed by atoms with Crippen LogP contribution in [0.15, 0.2) is 30.3 Å². The van der Waals surface area contributed by atoms with E-state index >= 15 is 0 Å². The summed E-state index contributed by atoms with van der Waals surface area (Å²) in [5.41, 5.74) is 5.93. The zero-order valence-electron chi connectivity index (χ0n) is 13.3. The number of halogens is 3. The molecule has 6 nitrogen and oxygen atoms in total. The number of carbonyl (C=O) groups is 2. The van der Waals surface area contributed by atoms with Gasteiger partial charge in [-0.25, -0.2) is 9.78 Å². The highest BCUT2D eigenvalue weighted by atomic mass is 35.5. The van der Waals surface area contributed by atoms with Gasteiger partial charge in [-0.05, 0) is 19.1 Å². The molecule has 0 unspecified atom stereocenters. The summed E-state index contributed by atoms with van der Waals surface area (Å²) in [4.78, 5) is 29.8. The third-order valence-electron chi connectivity index (χ3n) is 3.37. The first-order valence-electron chi connectivity index (χ1n) is 7.07. The van der Waals surface area contributed by atoms with Crippen molar-refractivity contribution < 1.29 is 14.3 Å². The predicted molar refractivity (Wildman–Crippen MR) is 98.4 cm³/mol. The molecule has 9 heteroatoms. The van der Waals surface area contributed by atoms with E-state index in [1.807, 2.05) is 6.07 Å². The summed E-state index contributed by atoms with van der Waals surface area (Å²) in [6, 6.07) is 8.92. The molecule has 2 aromatic rings. The van der Waals surface area contributed by atoms with Crippen LogP contribution in [0, 0.1) is 0 Å². The largest absolute Gasteiger partial charge is 0.448 e. The highest BCUT2D eigenvalue weighted by Crippen LogP contribution is 2.34. The second-order valence-electron chi connectivity index (χ2n) is 5.07. The number of amides is 1. The number of nitrogens with two attached hydrogens (primary N) is 1. The number of nitrogens with zero attached hydrogens (tertiary/aromatic N) is 2. The molecular formula is C16H14Cl3N3O3. The highest BCUT2D eigenvalue weighted by Gasteiger charge is 2.26. The molecule has 25 heavy (non-hydrogen) atoms. The lowest BCUT2D eigenvalue weighted by molar-refractivity contribution is -0.126. The van der Waals surface area contributed by atoms with Crippen LogP contribution in [0.1, 0.15) is 17.4 Å². The molecule has 0 radical (unpaired) electrons. The van der Waals surface area contributed by atoms with Crippen LogP contribution in [-0.2, 0) is 9.53 Å². The van der Waals surface area contributed by atoms with Gasteiger partial charge in [0.25, 0.3) is 5.91 Å². The molecule has 132 valence electrons. The quantitative estimate of drug-likeness (QED) is 0.620. The molecule has 0 spiro atoms. The molecule has 1 aromatic heterocycles. The molecule has 0 aliphatic heterocycles. The molecule has 2 rings (SSSR count). The van der Waals surface area contributed by atoms with Gasteiger partial charge in [-0.1, -0.05) is 53.0 Å². The Labute approximate surface area is 159 Å². The topological polar surface area (TPSA) is 85.5 Å². The number of ether oxygens (including phenoxy) is 1. The van der Waals surface area contributed by atoms with E-state index in [0.29, 0.717) is 5.69 Å². The van der Waals surface area contributed by atoms with Gasteiger partial charge in [-0.2, -0.15) is 0 Å². The fourth-order valence-electron chi connectivity index (χ4n) is 1.98. The number of rotatable bonds is 4. The Morgan fingerprint density at radius 3 is 2.36 bits per heavy atom. The number of likely N-dealkylation sites (N-methyl/N-ethyl adjacent to an activating group) is 1. The van der Waals surface area contributed by atoms with Gasteiger partial charge in [0, 0.05) is 12.7 Å². The van der Waals surface area contributed by atoms with E-state index in [1.54, 1.807) is 31.3 Å². The minimum absolute atomic E-state index is 0.0591. The number of esters is 1. The van der Waals surface area contributed by atoms with Crippen molar-refractivity contribution in [1.29, 1.82) is 0 Å². The van der Waals surface area contributed by atoms with Crippen molar-refractivity contribution in [2.75, 3.05) is 17.7 Å². The molecule has 0 aliphatic carbocycles. The van der Waals surface area contributed by atoms with Crippen molar-refractivity contribution >= 4 is 58.1 Å². The number of hydrogen-bond acceptors (Lipinski definition) is 5. The van der Waals surface area contributed by atoms with Crippen molar-refractivity contribution in [1.82, 2.24) is 4.98 Å². The summed E-state index contributed by atoms with van der Waals surface area (Å²) < 4.78 is 5.14. The number of benzene rings is 1. The Bertz CT molecular complexity index is 815. The van der Waals surface area contributed by atoms with Crippen LogP contribution in [0.5, 0.6) is 0 Å². The van der Waals surface area contributed by atoms with Gasteiger partial charge in [0.2, 0.25) is 0 Å². The Balaban J connectivity index is 2.17. The van der Waals surface area contributed by atoms with Crippen LogP contribution >= 0.6 is 34.8 Å². The van der Waals surface area contributed by atoms with E-state index in [1.165, 1.54) is 11.8 Å². The average molecular weight is 403 g/mol. The SMILES string of the molecule is C[C@@H](OC(=O)c1nc(Cl)c(Cl)c(N)c1Cl)C(=O)N(C)c1ccccc1. The van der Waals surface area contributed by atoms with Gasteiger partial charge in [-0.15, -0.1) is 0 Å². The average Bonchev–Trinajstić information content (AvgIpc) is 2.62. The summed E-state index contributed by atoms with van der Waals surface area (Å²) in [7, 11) is 1.57. The minimum atomic E-state index is -1.08. The van der Waals surface area contributed by atoms with Crippen molar-refractivity contribution in [2.45, 2.75) is 13.0 Å². The van der Waals surface area contributed by atoms with E-state index < -0.39 is 18.0 Å². The molecule has 0 saturated heterocycles. The van der Waals surface area contributed by atoms with Crippen molar-refractivity contribution in [3.8, 4) is 0 Å². The van der Waals surface area contributed by atoms with Crippen LogP contribution < -0.4 is 10.6 Å². The second kappa shape index (κ2) is 7.91. The maximum Gasteiger partial charge on any atom is 0.359 e. The molecular weight excluding hydrogens is 389 g/mol. The van der Waals surface area contributed by atoms with E-state index in [9.17, 15) is 9.59 Å². The predicted octanol–water partition coefficient (Wildman–Crippen LogP) is 3.83. The van der Waals surface area contributed by atoms with Gasteiger partial charge in [0.15, 0.2) is 17.0 Å². The van der Waals surface area contributed by atoms with Crippen molar-refractivity contribution in [3.63, 3.8) is 0 Å². The molecule has 0 bridgehead atoms. The third kappa shape index (κ3) is 4.15. The first-order chi connectivity index (χ1) is 11.7. The molecule has 1 aromatic carbocycles. The van der Waals surface area contributed by atoms with Crippen LogP contribution in [-0.4, -0.2) is 30.0 Å². The molecule has 1 heterocycles. The maximum atomic E-state index is 12.4. The summed E-state index contributed by atoms with van der Waals surface area (Å²) in [6.07, 6.45) is -1.08. The molecule has 0 fully saturated rings. The molecule has 2 N–H and O–H groups in total. The smallest absolute Gasteiger partial charge is 0.359 e. The maximum absolute atomic E-state index is 12.4. The fourth-order valence-corrected chi connectivity index (χ4v) is 2.57. The lowest BCUT2D eigenvalue weighted by atomic mass is 10.2. The highest BCUT2D eigenvalue weighted by molar-refractivity contribution is 6.46. The lowest BCUT2D eigenvalue weighted by Crippen LogP contribution is -2.37. The van der Waals surface area contributed by atoms with Gasteiger partial charge >= 0.3 is 5.97 Å². The number of pyridine rings is 1. The monoisotopic (exact) mass is 401 g/mol. The number of anilines is 2. The van der Waals surface area contributed by atoms with Crippen molar-refractivity contribution in [2.24, 2.45) is 0 Å². The fraction of sp³-hybridized carbons (Fsp3) is 0.188. The van der Waals surface area contributed by atoms with Gasteiger partial charge in [-0.3, -0.25) is 4.79 Å². The lowest BCUT2D eigenvalue weighted by Gasteiger charge is -2.21. The summed E-state index contributed by atoms with van der Waals surface area (Å²) in [6.45, 7) is 1.44. The van der Waals surface area contributed by atoms with Crippen LogP contribution in [0.2, 0.25) is 15.2 Å². The van der Waals surface area contributed by atoms with Crippen LogP contribution in [0.4, 0.5) is 11.4 Å². The normalized spacial score (nSPS) is 11.7. The number of nitrogen functional groups attached to an aromatic ring is 1. The Morgan fingerprint density at radius 2 is 1.76 bits per heavy atom. The second-order valence-corrected chi connectivity index (χ2v) is 6.19. The number of para-hydroxylation sites is 1. The number of carbonyl (C=O) groups excluding carboxylic acids is 2. The van der Waals surface area contributed by atoms with Gasteiger partial charge < -0.3 is 15.4 Å². The Kier molecular flexibility index (Phi) is 6.11. The van der Waals surface area contributed by atoms with E-state index in [-0.39, 0.29) is 26.6 Å². The summed E-state index contributed by atoms with van der Waals surface area (Å²) in [5, 5.41) is -0.428. The molecule has 1 amide bonds. The van der Waals surface area contributed by atoms with E-state index in [4.69, 9.17) is 45.3 Å². The van der Waals surface area contributed by atoms with E-state index in [0.717, 1.165) is 0 Å². The minimum Gasteiger partial charge on any atom is -0.448 e. The molecule has 1 atom stereocenters. The Hall–Kier alpha value is -2.02. The zero-order valence-corrected chi connectivity index (χ0v) is 15.6. The third-order valence-corrected chi connectivity index (χ3v) is 4.51. The van der Waals surface area contributed by atoms with Crippen LogP contribution in [0.25, 0.3) is 0 Å². The first-order valence-corrected chi connectivity index (χ1v) is 8.21. The number of hydrogen-bond donors (Lipinski definition) is 1. The Morgan fingerprint density at radius 1 is 1.16 bits per heavy atom. The van der Waals surface area contributed by atoms with Gasteiger partial charge in [0.05, 0.1) is 10.7 Å². The van der Waals surface area contributed by atoms with E-state index in [2.05, 4.69) is 4.98 Å². The van der Waals surface area contributed by atoms with Crippen molar-refractivity contribution in [3.05, 3.63) is 51.2 Å².